The van der Waals surface area contributed by atoms with Crippen LogP contribution in [0.3, 0.4) is 0 Å². The number of nitrogens with two attached hydrogens (primary N) is 2. The maximum Gasteiger partial charge on any atom is 0.311 e. The first-order valence-electron chi connectivity index (χ1n) is 12.6. The Kier molecular flexibility index (Phi) is 10.6. The molecule has 0 aliphatic carbocycles. The van der Waals surface area contributed by atoms with Crippen LogP contribution in [0.2, 0.25) is 0 Å². The maximum atomic E-state index is 14.2. The highest BCUT2D eigenvalue weighted by Gasteiger charge is 2.44. The molecule has 16 heteroatoms. The molecule has 0 unspecified atom stereocenters. The van der Waals surface area contributed by atoms with Gasteiger partial charge in [0.05, 0.1) is 50.1 Å². The summed E-state index contributed by atoms with van der Waals surface area (Å²) in [6.45, 7) is 3.23. The Balaban J connectivity index is 2.37. The van der Waals surface area contributed by atoms with Crippen LogP contribution in [-0.2, 0) is 9.59 Å². The maximum absolute atomic E-state index is 14.2. The van der Waals surface area contributed by atoms with Gasteiger partial charge in [-0.2, -0.15) is 0 Å². The van der Waals surface area contributed by atoms with Crippen molar-refractivity contribution < 1.29 is 30.0 Å². The number of aliphatic imine (C=N–C) groups is 2. The first kappa shape index (κ1) is 31.4. The minimum Gasteiger partial charge on any atom is -0.481 e. The van der Waals surface area contributed by atoms with Gasteiger partial charge in [-0.1, -0.05) is 0 Å². The number of aromatic nitrogens is 2. The highest BCUT2D eigenvalue weighted by atomic mass is 32.2. The van der Waals surface area contributed by atoms with E-state index in [1.165, 1.54) is 37.4 Å². The van der Waals surface area contributed by atoms with Crippen LogP contribution in [0.4, 0.5) is 0 Å². The summed E-state index contributed by atoms with van der Waals surface area (Å²) in [4.78, 5) is 61.5. The number of hydrogen-bond acceptors (Lipinski definition) is 10. The Morgan fingerprint density at radius 2 is 1.20 bits per heavy atom. The van der Waals surface area contributed by atoms with E-state index in [-0.39, 0.29) is 23.5 Å². The number of rotatable bonds is 14. The lowest BCUT2D eigenvalue weighted by atomic mass is 9.93. The Morgan fingerprint density at radius 1 is 0.850 bits per heavy atom. The van der Waals surface area contributed by atoms with Crippen LogP contribution in [0.25, 0.3) is 9.81 Å². The molecule has 0 radical (unpaired) electrons. The second-order valence-corrected chi connectivity index (χ2v) is 11.8. The third-order valence-electron chi connectivity index (χ3n) is 6.95. The Labute approximate surface area is 237 Å². The zero-order chi connectivity index (χ0) is 29.7. The molecular weight excluding hydrogens is 564 g/mol. The van der Waals surface area contributed by atoms with Crippen molar-refractivity contribution in [1.82, 2.24) is 9.13 Å². The molecule has 8 N–H and O–H groups in total. The largest absolute Gasteiger partial charge is 0.481 e. The van der Waals surface area contributed by atoms with E-state index in [9.17, 15) is 39.6 Å². The van der Waals surface area contributed by atoms with Gasteiger partial charge in [0.15, 0.2) is 0 Å². The van der Waals surface area contributed by atoms with Gasteiger partial charge in [-0.25, -0.2) is 0 Å². The molecule has 220 valence electrons. The molecule has 1 aromatic heterocycles. The summed E-state index contributed by atoms with van der Waals surface area (Å²) >= 11 is 2.43. The van der Waals surface area contributed by atoms with E-state index in [0.29, 0.717) is 34.4 Å². The van der Waals surface area contributed by atoms with Gasteiger partial charge in [0.25, 0.3) is 11.1 Å². The number of thioether (sulfide) groups is 2. The molecule has 14 nitrogen and oxygen atoms in total. The molecule has 40 heavy (non-hydrogen) atoms. The van der Waals surface area contributed by atoms with Crippen LogP contribution in [-0.4, -0.2) is 91.0 Å². The third-order valence-corrected chi connectivity index (χ3v) is 9.14. The second-order valence-electron chi connectivity index (χ2n) is 9.45. The zero-order valence-corrected chi connectivity index (χ0v) is 23.7. The van der Waals surface area contributed by atoms with Crippen molar-refractivity contribution in [2.75, 3.05) is 24.6 Å². The number of aliphatic hydroxyl groups is 2. The summed E-state index contributed by atoms with van der Waals surface area (Å²) in [7, 11) is 0. The number of fused-ring (bicyclic) bond motifs is 2. The summed E-state index contributed by atoms with van der Waals surface area (Å²) in [5.41, 5.74) is 9.28. The molecule has 0 bridgehead atoms. The quantitative estimate of drug-likeness (QED) is 0.0755. The molecule has 6 atom stereocenters. The second kappa shape index (κ2) is 13.5. The summed E-state index contributed by atoms with van der Waals surface area (Å²) in [5.74, 6) is -4.68. The van der Waals surface area contributed by atoms with E-state index in [2.05, 4.69) is 9.98 Å². The third kappa shape index (κ3) is 6.14. The molecule has 0 spiro atoms. The fraction of sp³-hybridized carbons (Fsp3) is 0.583. The normalized spacial score (nSPS) is 21.5. The van der Waals surface area contributed by atoms with Crippen molar-refractivity contribution >= 4 is 57.9 Å². The minimum absolute atomic E-state index is 0.00389. The van der Waals surface area contributed by atoms with Crippen molar-refractivity contribution in [1.29, 1.82) is 0 Å². The highest BCUT2D eigenvalue weighted by molar-refractivity contribution is 8.08. The van der Waals surface area contributed by atoms with Gasteiger partial charge in [0.2, 0.25) is 0 Å². The van der Waals surface area contributed by atoms with Crippen molar-refractivity contribution in [3.05, 3.63) is 31.4 Å². The highest BCUT2D eigenvalue weighted by Crippen LogP contribution is 2.38. The van der Waals surface area contributed by atoms with Gasteiger partial charge in [0, 0.05) is 34.2 Å². The molecule has 0 amide bonds. The van der Waals surface area contributed by atoms with Crippen molar-refractivity contribution in [3.8, 4) is 0 Å². The van der Waals surface area contributed by atoms with Crippen LogP contribution < -0.4 is 33.3 Å². The lowest BCUT2D eigenvalue weighted by molar-refractivity contribution is -0.148. The summed E-state index contributed by atoms with van der Waals surface area (Å²) < 4.78 is 2.29. The number of carboxylic acids is 2. The van der Waals surface area contributed by atoms with E-state index < -0.39 is 59.2 Å². The van der Waals surface area contributed by atoms with Crippen molar-refractivity contribution in [3.63, 3.8) is 0 Å². The number of carboxylic acid groups (broad SMARTS) is 2. The molecule has 3 heterocycles. The van der Waals surface area contributed by atoms with Gasteiger partial charge in [-0.3, -0.25) is 38.3 Å². The number of carbonyl (C=O) groups is 2. The molecular formula is C24H34N6O8S2. The lowest BCUT2D eigenvalue weighted by Gasteiger charge is -2.26. The first-order valence-corrected chi connectivity index (χ1v) is 14.6. The average Bonchev–Trinajstić information content (AvgIpc) is 3.42. The van der Waals surface area contributed by atoms with E-state index >= 15 is 0 Å². The Morgan fingerprint density at radius 3 is 1.48 bits per heavy atom. The molecule has 0 aromatic carbocycles. The molecule has 2 aliphatic rings. The van der Waals surface area contributed by atoms with Crippen LogP contribution in [0.15, 0.2) is 19.6 Å². The average molecular weight is 599 g/mol. The summed E-state index contributed by atoms with van der Waals surface area (Å²) in [6.07, 6.45) is -0.394. The van der Waals surface area contributed by atoms with Gasteiger partial charge < -0.3 is 31.9 Å². The number of nitrogens with zero attached hydrogens (tertiary/aromatic N) is 4. The van der Waals surface area contributed by atoms with Crippen LogP contribution >= 0.6 is 23.5 Å². The van der Waals surface area contributed by atoms with E-state index in [1.54, 1.807) is 0 Å². The topological polar surface area (TPSA) is 236 Å². The summed E-state index contributed by atoms with van der Waals surface area (Å²) in [5, 5.41) is 40.5. The van der Waals surface area contributed by atoms with Crippen LogP contribution in [0, 0.1) is 11.8 Å². The smallest absolute Gasteiger partial charge is 0.311 e. The molecule has 3 rings (SSSR count). The SMILES string of the molecule is C[C@@H](O)[C@@H](C(=O)O)[C@H]1CC(SCCN=CN)=c2c(=O)n3c(c(=O)n21)=C(SCCN=CN)C[C@@H]3[C@H](C(=O)O)[C@@H](C)O. The predicted molar refractivity (Wildman–Crippen MR) is 154 cm³/mol. The number of hydrogen-bond donors (Lipinski definition) is 6. The van der Waals surface area contributed by atoms with Gasteiger partial charge in [0.1, 0.15) is 22.5 Å². The molecule has 1 aromatic rings. The predicted octanol–water partition coefficient (Wildman–Crippen LogP) is -2.28. The van der Waals surface area contributed by atoms with E-state index in [1.807, 2.05) is 0 Å². The van der Waals surface area contributed by atoms with Crippen LogP contribution in [0.5, 0.6) is 0 Å². The number of aliphatic hydroxyl groups excluding tert-OH is 2. The van der Waals surface area contributed by atoms with Gasteiger partial charge in [-0.05, 0) is 13.8 Å². The van der Waals surface area contributed by atoms with E-state index in [0.717, 1.165) is 21.8 Å². The van der Waals surface area contributed by atoms with E-state index in [4.69, 9.17) is 11.5 Å². The monoisotopic (exact) mass is 598 g/mol. The lowest BCUT2D eigenvalue weighted by Crippen LogP contribution is -2.59. The first-order chi connectivity index (χ1) is 19.0. The van der Waals surface area contributed by atoms with Crippen molar-refractivity contribution in [2.24, 2.45) is 33.3 Å². The Hall–Kier alpha value is -3.08. The fourth-order valence-corrected chi connectivity index (χ4v) is 7.45. The fourth-order valence-electron chi connectivity index (χ4n) is 5.34. The van der Waals surface area contributed by atoms with Gasteiger partial charge >= 0.3 is 11.9 Å². The number of aliphatic carboxylic acids is 2. The van der Waals surface area contributed by atoms with Gasteiger partial charge in [-0.15, -0.1) is 23.5 Å². The van der Waals surface area contributed by atoms with Crippen LogP contribution in [0.1, 0.15) is 38.8 Å². The molecule has 0 saturated heterocycles. The molecule has 0 saturated carbocycles. The summed E-state index contributed by atoms with van der Waals surface area (Å²) in [6, 6.07) is -2.11. The standard InChI is InChI=1S/C24H34N6O8S2/c1-11(31)17(23(35)36)13-7-15(39-5-3-27-9-25)19-22(34)30-14(18(12(2)32)24(37)38)8-16(40-6-4-28-10-26)20(30)21(33)29(13)19/h9-14,17-18,31-32H,3-8H2,1-2H3,(H2,25,27)(H2,26,28)(H,35,36)(H,37,38)/t11-,12-,13-,14-,17-,18-/m1/s1. The Bertz CT molecular complexity index is 1330. The molecule has 0 fully saturated rings. The molecule has 2 aliphatic heterocycles. The minimum atomic E-state index is -1.39. The van der Waals surface area contributed by atoms with Crippen molar-refractivity contribution in [2.45, 2.75) is 51.0 Å². The zero-order valence-electron chi connectivity index (χ0n) is 22.0.